The van der Waals surface area contributed by atoms with E-state index in [0.29, 0.717) is 42.0 Å². The molecule has 36 heavy (non-hydrogen) atoms. The first kappa shape index (κ1) is 23.5. The number of carbonyl (C=O) groups is 1. The summed E-state index contributed by atoms with van der Waals surface area (Å²) in [5, 5.41) is 16.1. The molecule has 5 rings (SSSR count). The summed E-state index contributed by atoms with van der Waals surface area (Å²) in [7, 11) is 1.62. The topological polar surface area (TPSA) is 104 Å². The number of benzene rings is 2. The van der Waals surface area contributed by atoms with Crippen LogP contribution in [0.4, 0.5) is 5.82 Å². The van der Waals surface area contributed by atoms with Crippen molar-refractivity contribution < 1.29 is 14.3 Å². The normalized spacial score (nSPS) is 14.8. The monoisotopic (exact) mass is 484 g/mol. The molecule has 0 fully saturated rings. The van der Waals surface area contributed by atoms with E-state index in [1.54, 1.807) is 18.0 Å². The maximum absolute atomic E-state index is 12.8. The lowest BCUT2D eigenvalue weighted by Gasteiger charge is -2.25. The first-order valence-corrected chi connectivity index (χ1v) is 12.0. The Balaban J connectivity index is 1.55. The molecule has 1 amide bonds. The molecule has 4 aromatic rings. The van der Waals surface area contributed by atoms with Crippen molar-refractivity contribution >= 4 is 11.7 Å². The van der Waals surface area contributed by atoms with Gasteiger partial charge in [-0.2, -0.15) is 14.9 Å². The molecular weight excluding hydrogens is 456 g/mol. The van der Waals surface area contributed by atoms with Crippen molar-refractivity contribution in [1.29, 1.82) is 0 Å². The van der Waals surface area contributed by atoms with Crippen molar-refractivity contribution in [3.63, 3.8) is 0 Å². The van der Waals surface area contributed by atoms with E-state index in [1.807, 2.05) is 56.3 Å². The molecule has 3 heterocycles. The fraction of sp³-hybridized carbons (Fsp3) is 0.296. The number of nitrogens with zero attached hydrogens (tertiary/aromatic N) is 5. The number of ether oxygens (including phenoxy) is 2. The zero-order valence-electron chi connectivity index (χ0n) is 20.8. The molecule has 2 aromatic heterocycles. The number of aromatic nitrogens is 5. The zero-order valence-corrected chi connectivity index (χ0v) is 20.8. The largest absolute Gasteiger partial charge is 0.493 e. The molecule has 0 saturated heterocycles. The van der Waals surface area contributed by atoms with Crippen LogP contribution in [-0.4, -0.2) is 44.6 Å². The lowest BCUT2D eigenvalue weighted by Crippen LogP contribution is -2.25. The van der Waals surface area contributed by atoms with Gasteiger partial charge in [0.15, 0.2) is 11.5 Å². The third-order valence-electron chi connectivity index (χ3n) is 6.24. The average molecular weight is 485 g/mol. The fourth-order valence-corrected chi connectivity index (χ4v) is 4.46. The highest BCUT2D eigenvalue weighted by atomic mass is 16.5. The minimum Gasteiger partial charge on any atom is -0.493 e. The Morgan fingerprint density at radius 2 is 1.92 bits per heavy atom. The molecule has 9 nitrogen and oxygen atoms in total. The molecule has 184 valence electrons. The Hall–Kier alpha value is -4.27. The van der Waals surface area contributed by atoms with E-state index < -0.39 is 0 Å². The van der Waals surface area contributed by atoms with E-state index in [9.17, 15) is 4.79 Å². The third-order valence-corrected chi connectivity index (χ3v) is 6.24. The van der Waals surface area contributed by atoms with Crippen molar-refractivity contribution in [2.75, 3.05) is 19.0 Å². The Bertz CT molecular complexity index is 1410. The van der Waals surface area contributed by atoms with Gasteiger partial charge in [-0.05, 0) is 38.0 Å². The van der Waals surface area contributed by atoms with Gasteiger partial charge in [-0.3, -0.25) is 4.79 Å². The number of anilines is 1. The lowest BCUT2D eigenvalue weighted by molar-refractivity contribution is -0.116. The summed E-state index contributed by atoms with van der Waals surface area (Å²) in [6, 6.07) is 13.8. The number of methoxy groups -OCH3 is 1. The van der Waals surface area contributed by atoms with E-state index in [-0.39, 0.29) is 11.8 Å². The summed E-state index contributed by atoms with van der Waals surface area (Å²) >= 11 is 0. The Kier molecular flexibility index (Phi) is 6.37. The van der Waals surface area contributed by atoms with Gasteiger partial charge in [0, 0.05) is 23.5 Å². The van der Waals surface area contributed by atoms with Crippen LogP contribution in [0.1, 0.15) is 48.1 Å². The molecule has 1 aliphatic rings. The van der Waals surface area contributed by atoms with Gasteiger partial charge in [-0.15, -0.1) is 5.10 Å². The van der Waals surface area contributed by atoms with Crippen molar-refractivity contribution in [2.45, 2.75) is 39.5 Å². The van der Waals surface area contributed by atoms with Crippen molar-refractivity contribution in [2.24, 2.45) is 0 Å². The van der Waals surface area contributed by atoms with Crippen LogP contribution < -0.4 is 14.8 Å². The third kappa shape index (κ3) is 4.39. The first-order valence-electron chi connectivity index (χ1n) is 12.0. The Labute approximate surface area is 209 Å². The first-order chi connectivity index (χ1) is 17.5. The Morgan fingerprint density at radius 1 is 1.11 bits per heavy atom. The van der Waals surface area contributed by atoms with Gasteiger partial charge in [-0.1, -0.05) is 42.8 Å². The minimum atomic E-state index is -0.204. The molecule has 0 bridgehead atoms. The summed E-state index contributed by atoms with van der Waals surface area (Å²) in [5.41, 5.74) is 5.41. The number of nitrogens with one attached hydrogen (secondary N) is 1. The number of amides is 1. The van der Waals surface area contributed by atoms with Crippen molar-refractivity contribution in [3.05, 3.63) is 71.0 Å². The second-order valence-electron chi connectivity index (χ2n) is 8.83. The predicted molar refractivity (Wildman–Crippen MR) is 136 cm³/mol. The van der Waals surface area contributed by atoms with Crippen LogP contribution in [0.2, 0.25) is 0 Å². The molecule has 0 saturated carbocycles. The molecule has 1 N–H and O–H groups in total. The second kappa shape index (κ2) is 9.77. The number of carbonyl (C=O) groups excluding carboxylic acids is 1. The average Bonchev–Trinajstić information content (AvgIpc) is 3.23. The van der Waals surface area contributed by atoms with E-state index in [1.165, 1.54) is 0 Å². The molecule has 0 aliphatic carbocycles. The maximum Gasteiger partial charge on any atom is 0.272 e. The van der Waals surface area contributed by atoms with Crippen molar-refractivity contribution in [1.82, 2.24) is 25.0 Å². The Morgan fingerprint density at radius 3 is 2.67 bits per heavy atom. The minimum absolute atomic E-state index is 0.110. The lowest BCUT2D eigenvalue weighted by atomic mass is 9.85. The summed E-state index contributed by atoms with van der Waals surface area (Å²) in [6.07, 6.45) is 2.81. The van der Waals surface area contributed by atoms with Gasteiger partial charge >= 0.3 is 0 Å². The SMILES string of the molecule is CCCOc1ccc([C@H]2CC(=O)Nc3c2c(C)nn3-c2nncc(-c3ccc(C)cc3)n2)cc1OC. The zero-order chi connectivity index (χ0) is 25.2. The van der Waals surface area contributed by atoms with Crippen molar-refractivity contribution in [3.8, 4) is 28.7 Å². The maximum atomic E-state index is 12.8. The number of rotatable bonds is 7. The van der Waals surface area contributed by atoms with E-state index >= 15 is 0 Å². The molecule has 0 unspecified atom stereocenters. The van der Waals surface area contributed by atoms with Gasteiger partial charge in [0.05, 0.1) is 31.3 Å². The molecule has 0 spiro atoms. The number of hydrogen-bond acceptors (Lipinski definition) is 7. The molecule has 1 atom stereocenters. The van der Waals surface area contributed by atoms with E-state index in [4.69, 9.17) is 19.6 Å². The molecule has 9 heteroatoms. The van der Waals surface area contributed by atoms with Crippen LogP contribution in [0.5, 0.6) is 11.5 Å². The smallest absolute Gasteiger partial charge is 0.272 e. The molecular formula is C27H28N6O3. The number of fused-ring (bicyclic) bond motifs is 1. The number of hydrogen-bond donors (Lipinski definition) is 1. The summed E-state index contributed by atoms with van der Waals surface area (Å²) in [6.45, 7) is 6.62. The van der Waals surface area contributed by atoms with Crippen LogP contribution in [0.3, 0.4) is 0 Å². The van der Waals surface area contributed by atoms with E-state index in [0.717, 1.165) is 34.4 Å². The van der Waals surface area contributed by atoms with Gasteiger partial charge in [0.25, 0.3) is 5.95 Å². The van der Waals surface area contributed by atoms with Crippen LogP contribution in [0.25, 0.3) is 17.2 Å². The quantitative estimate of drug-likeness (QED) is 0.408. The second-order valence-corrected chi connectivity index (χ2v) is 8.83. The summed E-state index contributed by atoms with van der Waals surface area (Å²) in [4.78, 5) is 17.5. The van der Waals surface area contributed by atoms with Gasteiger partial charge < -0.3 is 14.8 Å². The van der Waals surface area contributed by atoms with Crippen LogP contribution in [0.15, 0.2) is 48.7 Å². The highest BCUT2D eigenvalue weighted by Gasteiger charge is 2.33. The standard InChI is InChI=1S/C27H28N6O3/c1-5-12-36-22-11-10-19(13-23(22)35-4)20-14-24(34)30-26-25(20)17(3)32-33(26)27-29-21(15-28-31-27)18-8-6-16(2)7-9-18/h6-11,13,15,20H,5,12,14H2,1-4H3,(H,30,34)/t20-/m1/s1. The highest BCUT2D eigenvalue weighted by molar-refractivity contribution is 5.95. The fourth-order valence-electron chi connectivity index (χ4n) is 4.46. The van der Waals surface area contributed by atoms with Gasteiger partial charge in [0.2, 0.25) is 5.91 Å². The molecule has 2 aromatic carbocycles. The molecule has 0 radical (unpaired) electrons. The van der Waals surface area contributed by atoms with Gasteiger partial charge in [-0.25, -0.2) is 4.98 Å². The summed E-state index contributed by atoms with van der Waals surface area (Å²) < 4.78 is 13.0. The highest BCUT2D eigenvalue weighted by Crippen LogP contribution is 2.42. The van der Waals surface area contributed by atoms with Crippen LogP contribution in [-0.2, 0) is 4.79 Å². The molecule has 1 aliphatic heterocycles. The van der Waals surface area contributed by atoms with E-state index in [2.05, 4.69) is 22.4 Å². The van der Waals surface area contributed by atoms with Crippen LogP contribution in [0, 0.1) is 13.8 Å². The summed E-state index contributed by atoms with van der Waals surface area (Å²) in [5.74, 6) is 1.85. The number of aryl methyl sites for hydroxylation is 2. The van der Waals surface area contributed by atoms with Gasteiger partial charge in [0.1, 0.15) is 5.82 Å². The predicted octanol–water partition coefficient (Wildman–Crippen LogP) is 4.61. The van der Waals surface area contributed by atoms with Crippen LogP contribution >= 0.6 is 0 Å².